The maximum atomic E-state index is 11.5. The van der Waals surface area contributed by atoms with Crippen molar-refractivity contribution in [1.82, 2.24) is 0 Å². The Bertz CT molecular complexity index is 462. The van der Waals surface area contributed by atoms with Crippen LogP contribution in [0.5, 0.6) is 0 Å². The Morgan fingerprint density at radius 1 is 1.18 bits per heavy atom. The molecule has 3 N–H and O–H groups in total. The Morgan fingerprint density at radius 2 is 1.65 bits per heavy atom. The first kappa shape index (κ1) is 13.3. The number of nitrogens with one attached hydrogen (secondary N) is 1. The molecule has 1 aromatic rings. The van der Waals surface area contributed by atoms with Gasteiger partial charge < -0.3 is 14.9 Å². The van der Waals surface area contributed by atoms with E-state index in [1.54, 1.807) is 0 Å². The number of carbonyl (C=O) groups is 2. The normalized spacial score (nSPS) is 9.65. The third-order valence-corrected chi connectivity index (χ3v) is 2.39. The van der Waals surface area contributed by atoms with Crippen LogP contribution in [0.2, 0.25) is 5.02 Å². The minimum atomic E-state index is -0.684. The van der Waals surface area contributed by atoms with Gasteiger partial charge in [0.2, 0.25) is 0 Å². The van der Waals surface area contributed by atoms with E-state index in [4.69, 9.17) is 17.4 Å². The van der Waals surface area contributed by atoms with E-state index in [0.717, 1.165) is 0 Å². The molecule has 0 saturated carbocycles. The number of hydrazine groups is 1. The maximum Gasteiger partial charge on any atom is 0.338 e. The number of esters is 2. The molecule has 0 spiro atoms. The largest absolute Gasteiger partial charge is 0.465 e. The average Bonchev–Trinajstić information content (AvgIpc) is 2.36. The Labute approximate surface area is 103 Å². The number of nitrogen functional groups attached to an aromatic ring is 1. The van der Waals surface area contributed by atoms with Crippen LogP contribution < -0.4 is 11.3 Å². The zero-order valence-corrected chi connectivity index (χ0v) is 10.00. The lowest BCUT2D eigenvalue weighted by Crippen LogP contribution is -2.14. The Balaban J connectivity index is 3.41. The van der Waals surface area contributed by atoms with E-state index >= 15 is 0 Å². The topological polar surface area (TPSA) is 90.6 Å². The highest BCUT2D eigenvalue weighted by Crippen LogP contribution is 2.26. The molecule has 0 fully saturated rings. The summed E-state index contributed by atoms with van der Waals surface area (Å²) in [5.41, 5.74) is 2.65. The highest BCUT2D eigenvalue weighted by Gasteiger charge is 2.20. The fourth-order valence-electron chi connectivity index (χ4n) is 1.24. The van der Waals surface area contributed by atoms with Crippen LogP contribution in [0.3, 0.4) is 0 Å². The second-order valence-electron chi connectivity index (χ2n) is 3.01. The molecular weight excluding hydrogens is 248 g/mol. The maximum absolute atomic E-state index is 11.5. The lowest BCUT2D eigenvalue weighted by Gasteiger charge is -2.10. The molecule has 0 aliphatic rings. The first-order valence-corrected chi connectivity index (χ1v) is 4.89. The molecule has 0 unspecified atom stereocenters. The van der Waals surface area contributed by atoms with Crippen molar-refractivity contribution in [3.63, 3.8) is 0 Å². The van der Waals surface area contributed by atoms with Gasteiger partial charge in [-0.05, 0) is 12.1 Å². The SMILES string of the molecule is COC(=O)c1cc(Cl)c(NN)cc1C(=O)OC. The van der Waals surface area contributed by atoms with Crippen LogP contribution in [0.1, 0.15) is 20.7 Å². The molecule has 0 amide bonds. The molecule has 0 saturated heterocycles. The predicted octanol–water partition coefficient (Wildman–Crippen LogP) is 1.20. The molecule has 0 aliphatic heterocycles. The molecule has 6 nitrogen and oxygen atoms in total. The fourth-order valence-corrected chi connectivity index (χ4v) is 1.46. The van der Waals surface area contributed by atoms with Gasteiger partial charge >= 0.3 is 11.9 Å². The van der Waals surface area contributed by atoms with Crippen LogP contribution in [-0.2, 0) is 9.47 Å². The zero-order chi connectivity index (χ0) is 13.0. The van der Waals surface area contributed by atoms with Gasteiger partial charge in [0.15, 0.2) is 0 Å². The van der Waals surface area contributed by atoms with Gasteiger partial charge in [0.25, 0.3) is 0 Å². The van der Waals surface area contributed by atoms with Crippen molar-refractivity contribution in [2.75, 3.05) is 19.6 Å². The Hall–Kier alpha value is -1.79. The smallest absolute Gasteiger partial charge is 0.338 e. The van der Waals surface area contributed by atoms with Crippen molar-refractivity contribution in [3.05, 3.63) is 28.3 Å². The highest BCUT2D eigenvalue weighted by molar-refractivity contribution is 6.33. The minimum absolute atomic E-state index is 0.0170. The third-order valence-electron chi connectivity index (χ3n) is 2.07. The van der Waals surface area contributed by atoms with Crippen LogP contribution in [0, 0.1) is 0 Å². The number of benzene rings is 1. The number of hydrogen-bond acceptors (Lipinski definition) is 6. The van der Waals surface area contributed by atoms with E-state index in [2.05, 4.69) is 14.9 Å². The monoisotopic (exact) mass is 258 g/mol. The molecule has 0 aromatic heterocycles. The summed E-state index contributed by atoms with van der Waals surface area (Å²) in [4.78, 5) is 23.0. The zero-order valence-electron chi connectivity index (χ0n) is 9.24. The molecule has 0 atom stereocenters. The molecule has 1 rings (SSSR count). The molecule has 0 radical (unpaired) electrons. The van der Waals surface area contributed by atoms with Crippen molar-refractivity contribution in [2.24, 2.45) is 5.84 Å². The number of hydrogen-bond donors (Lipinski definition) is 2. The first-order chi connectivity index (χ1) is 8.04. The summed E-state index contributed by atoms with van der Waals surface area (Å²) in [6, 6.07) is 2.61. The number of carbonyl (C=O) groups excluding carboxylic acids is 2. The summed E-state index contributed by atoms with van der Waals surface area (Å²) in [6.45, 7) is 0. The van der Waals surface area contributed by atoms with Gasteiger partial charge in [-0.25, -0.2) is 9.59 Å². The van der Waals surface area contributed by atoms with Crippen LogP contribution in [0.25, 0.3) is 0 Å². The van der Waals surface area contributed by atoms with Gasteiger partial charge in [-0.15, -0.1) is 0 Å². The lowest BCUT2D eigenvalue weighted by atomic mass is 10.1. The number of anilines is 1. The fraction of sp³-hybridized carbons (Fsp3) is 0.200. The van der Waals surface area contributed by atoms with Crippen molar-refractivity contribution in [1.29, 1.82) is 0 Å². The minimum Gasteiger partial charge on any atom is -0.465 e. The lowest BCUT2D eigenvalue weighted by molar-refractivity contribution is 0.0555. The molecule has 17 heavy (non-hydrogen) atoms. The van der Waals surface area contributed by atoms with Crippen LogP contribution in [-0.4, -0.2) is 26.2 Å². The summed E-state index contributed by atoms with van der Waals surface area (Å²) in [7, 11) is 2.40. The number of ether oxygens (including phenoxy) is 2. The molecule has 1 aromatic carbocycles. The Kier molecular flexibility index (Phi) is 4.30. The number of halogens is 1. The molecule has 0 aliphatic carbocycles. The van der Waals surface area contributed by atoms with Gasteiger partial charge in [-0.1, -0.05) is 11.6 Å². The molecule has 0 bridgehead atoms. The van der Waals surface area contributed by atoms with E-state index in [9.17, 15) is 9.59 Å². The molecular formula is C10H11ClN2O4. The number of nitrogens with two attached hydrogens (primary N) is 1. The summed E-state index contributed by atoms with van der Waals surface area (Å²) in [5, 5.41) is 0.195. The van der Waals surface area contributed by atoms with E-state index in [1.165, 1.54) is 26.4 Å². The van der Waals surface area contributed by atoms with Crippen LogP contribution >= 0.6 is 11.6 Å². The van der Waals surface area contributed by atoms with E-state index in [1.807, 2.05) is 0 Å². The van der Waals surface area contributed by atoms with Gasteiger partial charge in [0.05, 0.1) is 36.1 Å². The summed E-state index contributed by atoms with van der Waals surface area (Å²) < 4.78 is 9.10. The van der Waals surface area contributed by atoms with Gasteiger partial charge in [0.1, 0.15) is 0 Å². The van der Waals surface area contributed by atoms with Gasteiger partial charge in [-0.2, -0.15) is 0 Å². The third kappa shape index (κ3) is 2.66. The molecule has 0 heterocycles. The van der Waals surface area contributed by atoms with E-state index in [0.29, 0.717) is 5.69 Å². The molecule has 92 valence electrons. The number of rotatable bonds is 3. The van der Waals surface area contributed by atoms with Crippen molar-refractivity contribution < 1.29 is 19.1 Å². The van der Waals surface area contributed by atoms with Crippen molar-refractivity contribution >= 4 is 29.2 Å². The quantitative estimate of drug-likeness (QED) is 0.481. The average molecular weight is 259 g/mol. The van der Waals surface area contributed by atoms with Crippen molar-refractivity contribution in [2.45, 2.75) is 0 Å². The van der Waals surface area contributed by atoms with E-state index in [-0.39, 0.29) is 16.1 Å². The Morgan fingerprint density at radius 3 is 2.06 bits per heavy atom. The standard InChI is InChI=1S/C10H11ClN2O4/c1-16-9(14)5-3-7(11)8(13-12)4-6(5)10(15)17-2/h3-4,13H,12H2,1-2H3. The van der Waals surface area contributed by atoms with E-state index < -0.39 is 11.9 Å². The predicted molar refractivity (Wildman–Crippen MR) is 61.9 cm³/mol. The van der Waals surface area contributed by atoms with Crippen LogP contribution in [0.4, 0.5) is 5.69 Å². The van der Waals surface area contributed by atoms with Crippen molar-refractivity contribution in [3.8, 4) is 0 Å². The summed E-state index contributed by atoms with van der Waals surface area (Å²) >= 11 is 5.85. The second-order valence-corrected chi connectivity index (χ2v) is 3.41. The molecule has 7 heteroatoms. The van der Waals surface area contributed by atoms with Gasteiger partial charge in [-0.3, -0.25) is 5.84 Å². The summed E-state index contributed by atoms with van der Waals surface area (Å²) in [5.74, 6) is 3.85. The number of methoxy groups -OCH3 is 2. The second kappa shape index (κ2) is 5.51. The van der Waals surface area contributed by atoms with Gasteiger partial charge in [0, 0.05) is 0 Å². The highest BCUT2D eigenvalue weighted by atomic mass is 35.5. The summed E-state index contributed by atoms with van der Waals surface area (Å²) in [6.07, 6.45) is 0. The first-order valence-electron chi connectivity index (χ1n) is 4.52. The van der Waals surface area contributed by atoms with Crippen LogP contribution in [0.15, 0.2) is 12.1 Å².